The number of nitrogens with zero attached hydrogens (tertiary/aromatic N) is 4. The van der Waals surface area contributed by atoms with Crippen molar-refractivity contribution in [3.63, 3.8) is 0 Å². The first-order valence-corrected chi connectivity index (χ1v) is 12.2. The van der Waals surface area contributed by atoms with Crippen molar-refractivity contribution in [3.8, 4) is 11.5 Å². The molecular weight excluding hydrogens is 428 g/mol. The van der Waals surface area contributed by atoms with Crippen LogP contribution in [0, 0.1) is 0 Å². The van der Waals surface area contributed by atoms with E-state index in [0.29, 0.717) is 31.9 Å². The molecule has 2 aliphatic rings. The summed E-state index contributed by atoms with van der Waals surface area (Å²) in [4.78, 5) is 14.5. The number of aromatic nitrogens is 2. The van der Waals surface area contributed by atoms with Gasteiger partial charge in [0.1, 0.15) is 0 Å². The number of hydrogen-bond donors (Lipinski definition) is 0. The molecule has 0 radical (unpaired) electrons. The number of morpholine rings is 1. The van der Waals surface area contributed by atoms with Gasteiger partial charge in [-0.05, 0) is 38.0 Å². The molecule has 0 N–H and O–H groups in total. The van der Waals surface area contributed by atoms with E-state index in [1.807, 2.05) is 11.8 Å². The van der Waals surface area contributed by atoms with Crippen LogP contribution in [0.15, 0.2) is 38.8 Å². The second-order valence-corrected chi connectivity index (χ2v) is 10.4. The molecule has 1 unspecified atom stereocenters. The van der Waals surface area contributed by atoms with Gasteiger partial charge < -0.3 is 14.1 Å². The van der Waals surface area contributed by atoms with Crippen LogP contribution in [-0.2, 0) is 19.6 Å². The van der Waals surface area contributed by atoms with Crippen molar-refractivity contribution >= 4 is 27.7 Å². The summed E-state index contributed by atoms with van der Waals surface area (Å²) in [6.07, 6.45) is 2.08. The number of thioether (sulfide) groups is 1. The number of amides is 1. The first-order chi connectivity index (χ1) is 14.4. The Hall–Kier alpha value is -1.95. The fourth-order valence-corrected chi connectivity index (χ4v) is 5.72. The second-order valence-electron chi connectivity index (χ2n) is 7.21. The molecule has 2 saturated heterocycles. The minimum atomic E-state index is -3.62. The maximum absolute atomic E-state index is 12.9. The first kappa shape index (κ1) is 21.3. The molecule has 0 bridgehead atoms. The van der Waals surface area contributed by atoms with Crippen molar-refractivity contribution in [3.05, 3.63) is 24.3 Å². The Morgan fingerprint density at radius 1 is 1.13 bits per heavy atom. The molecule has 11 heteroatoms. The van der Waals surface area contributed by atoms with Crippen LogP contribution in [-0.4, -0.2) is 78.4 Å². The largest absolute Gasteiger partial charge is 0.411 e. The average Bonchev–Trinajstić information content (AvgIpc) is 3.46. The van der Waals surface area contributed by atoms with Gasteiger partial charge in [-0.15, -0.1) is 10.2 Å². The minimum absolute atomic E-state index is 0.0656. The molecule has 1 amide bonds. The van der Waals surface area contributed by atoms with Crippen molar-refractivity contribution in [2.75, 3.05) is 39.4 Å². The molecule has 1 aromatic heterocycles. The van der Waals surface area contributed by atoms with Gasteiger partial charge in [-0.3, -0.25) is 4.79 Å². The number of sulfonamides is 1. The van der Waals surface area contributed by atoms with Crippen LogP contribution in [0.3, 0.4) is 0 Å². The number of rotatable bonds is 6. The molecule has 3 heterocycles. The third-order valence-electron chi connectivity index (χ3n) is 5.14. The van der Waals surface area contributed by atoms with Gasteiger partial charge in [0.2, 0.25) is 21.8 Å². The number of hydrogen-bond acceptors (Lipinski definition) is 8. The molecule has 0 spiro atoms. The third-order valence-corrected chi connectivity index (χ3v) is 7.95. The zero-order valence-electron chi connectivity index (χ0n) is 16.7. The standard InChI is InChI=1S/C19H24N4O5S2/c1-14(18(24)22-7-2-3-8-22)29-19-21-20-17(28-19)15-5-4-6-16(13-15)30(25,26)23-9-11-27-12-10-23/h4-6,13-14H,2-3,7-12H2,1H3. The summed E-state index contributed by atoms with van der Waals surface area (Å²) in [5.74, 6) is 0.285. The Bertz CT molecular complexity index is 998. The summed E-state index contributed by atoms with van der Waals surface area (Å²) in [6.45, 7) is 4.85. The number of likely N-dealkylation sites (tertiary alicyclic amines) is 1. The Morgan fingerprint density at radius 2 is 1.87 bits per heavy atom. The zero-order chi connectivity index (χ0) is 21.1. The fourth-order valence-electron chi connectivity index (χ4n) is 3.50. The Kier molecular flexibility index (Phi) is 6.42. The number of ether oxygens (including phenoxy) is 1. The molecule has 162 valence electrons. The van der Waals surface area contributed by atoms with Gasteiger partial charge in [-0.1, -0.05) is 17.8 Å². The van der Waals surface area contributed by atoms with E-state index >= 15 is 0 Å². The lowest BCUT2D eigenvalue weighted by atomic mass is 10.2. The molecule has 2 fully saturated rings. The van der Waals surface area contributed by atoms with Crippen LogP contribution in [0.2, 0.25) is 0 Å². The highest BCUT2D eigenvalue weighted by atomic mass is 32.2. The Balaban J connectivity index is 1.48. The molecule has 4 rings (SSSR count). The van der Waals surface area contributed by atoms with Crippen molar-refractivity contribution < 1.29 is 22.4 Å². The van der Waals surface area contributed by atoms with E-state index in [1.165, 1.54) is 22.1 Å². The van der Waals surface area contributed by atoms with E-state index in [4.69, 9.17) is 9.15 Å². The van der Waals surface area contributed by atoms with Gasteiger partial charge >= 0.3 is 0 Å². The minimum Gasteiger partial charge on any atom is -0.411 e. The molecule has 1 atom stereocenters. The predicted molar refractivity (Wildman–Crippen MR) is 110 cm³/mol. The maximum Gasteiger partial charge on any atom is 0.277 e. The number of benzene rings is 1. The predicted octanol–water partition coefficient (Wildman–Crippen LogP) is 1.86. The van der Waals surface area contributed by atoms with Gasteiger partial charge in [0.05, 0.1) is 23.4 Å². The lowest BCUT2D eigenvalue weighted by molar-refractivity contribution is -0.129. The summed E-state index contributed by atoms with van der Waals surface area (Å²) in [7, 11) is -3.62. The average molecular weight is 453 g/mol. The molecule has 30 heavy (non-hydrogen) atoms. The van der Waals surface area contributed by atoms with Crippen LogP contribution < -0.4 is 0 Å². The summed E-state index contributed by atoms with van der Waals surface area (Å²) in [5.41, 5.74) is 0.516. The van der Waals surface area contributed by atoms with Gasteiger partial charge in [-0.2, -0.15) is 4.31 Å². The normalized spacial score (nSPS) is 19.2. The lowest BCUT2D eigenvalue weighted by Crippen LogP contribution is -2.40. The highest BCUT2D eigenvalue weighted by Crippen LogP contribution is 2.29. The quantitative estimate of drug-likeness (QED) is 0.612. The molecule has 9 nitrogen and oxygen atoms in total. The molecule has 0 saturated carbocycles. The van der Waals surface area contributed by atoms with E-state index in [2.05, 4.69) is 10.2 Å². The fraction of sp³-hybridized carbons (Fsp3) is 0.526. The smallest absolute Gasteiger partial charge is 0.277 e. The SMILES string of the molecule is CC(Sc1nnc(-c2cccc(S(=O)(=O)N3CCOCC3)c2)o1)C(=O)N1CCCC1. The molecule has 0 aliphatic carbocycles. The summed E-state index contributed by atoms with van der Waals surface area (Å²) in [5, 5.41) is 8.02. The highest BCUT2D eigenvalue weighted by molar-refractivity contribution is 8.00. The highest BCUT2D eigenvalue weighted by Gasteiger charge is 2.28. The van der Waals surface area contributed by atoms with E-state index in [-0.39, 0.29) is 27.2 Å². The van der Waals surface area contributed by atoms with Crippen LogP contribution in [0.4, 0.5) is 0 Å². The van der Waals surface area contributed by atoms with Crippen LogP contribution in [0.1, 0.15) is 19.8 Å². The maximum atomic E-state index is 12.9. The molecular formula is C19H24N4O5S2. The van der Waals surface area contributed by atoms with E-state index in [1.54, 1.807) is 18.2 Å². The van der Waals surface area contributed by atoms with Gasteiger partial charge in [-0.25, -0.2) is 8.42 Å². The lowest BCUT2D eigenvalue weighted by Gasteiger charge is -2.26. The van der Waals surface area contributed by atoms with E-state index in [0.717, 1.165) is 25.9 Å². The van der Waals surface area contributed by atoms with Gasteiger partial charge in [0.15, 0.2) is 0 Å². The second kappa shape index (κ2) is 9.04. The number of carbonyl (C=O) groups excluding carboxylic acids is 1. The van der Waals surface area contributed by atoms with Crippen LogP contribution in [0.25, 0.3) is 11.5 Å². The van der Waals surface area contributed by atoms with Crippen molar-refractivity contribution in [2.45, 2.75) is 35.1 Å². The van der Waals surface area contributed by atoms with Crippen molar-refractivity contribution in [1.82, 2.24) is 19.4 Å². The number of carbonyl (C=O) groups is 1. The first-order valence-electron chi connectivity index (χ1n) is 9.92. The Morgan fingerprint density at radius 3 is 2.60 bits per heavy atom. The summed E-state index contributed by atoms with van der Waals surface area (Å²) < 4.78 is 38.1. The van der Waals surface area contributed by atoms with E-state index < -0.39 is 10.0 Å². The molecule has 2 aromatic rings. The Labute approximate surface area is 179 Å². The topological polar surface area (TPSA) is 106 Å². The summed E-state index contributed by atoms with van der Waals surface area (Å²) in [6, 6.07) is 6.46. The van der Waals surface area contributed by atoms with Crippen LogP contribution in [0.5, 0.6) is 0 Å². The van der Waals surface area contributed by atoms with E-state index in [9.17, 15) is 13.2 Å². The van der Waals surface area contributed by atoms with Crippen molar-refractivity contribution in [1.29, 1.82) is 0 Å². The summed E-state index contributed by atoms with van der Waals surface area (Å²) >= 11 is 1.21. The van der Waals surface area contributed by atoms with Crippen molar-refractivity contribution in [2.24, 2.45) is 0 Å². The molecule has 1 aromatic carbocycles. The third kappa shape index (κ3) is 4.53. The van der Waals surface area contributed by atoms with Gasteiger partial charge in [0, 0.05) is 31.7 Å². The van der Waals surface area contributed by atoms with Gasteiger partial charge in [0.25, 0.3) is 5.22 Å². The monoisotopic (exact) mass is 452 g/mol. The van der Waals surface area contributed by atoms with Crippen LogP contribution >= 0.6 is 11.8 Å². The zero-order valence-corrected chi connectivity index (χ0v) is 18.3. The molecule has 2 aliphatic heterocycles.